The SMILES string of the molecule is CCc1ccccc1CC1Cc2nc(SC)[nH]c(=O)c2C1. The molecule has 1 aromatic carbocycles. The number of H-pyrrole nitrogens is 1. The van der Waals surface area contributed by atoms with E-state index in [4.69, 9.17) is 0 Å². The van der Waals surface area contributed by atoms with E-state index in [1.807, 2.05) is 6.26 Å². The highest BCUT2D eigenvalue weighted by Gasteiger charge is 2.26. The summed E-state index contributed by atoms with van der Waals surface area (Å²) in [5, 5.41) is 0.730. The number of benzene rings is 1. The molecule has 1 atom stereocenters. The zero-order chi connectivity index (χ0) is 14.8. The fourth-order valence-electron chi connectivity index (χ4n) is 3.19. The molecule has 0 saturated heterocycles. The van der Waals surface area contributed by atoms with Crippen LogP contribution in [0.2, 0.25) is 0 Å². The number of aromatic amines is 1. The van der Waals surface area contributed by atoms with Gasteiger partial charge in [-0.2, -0.15) is 0 Å². The lowest BCUT2D eigenvalue weighted by atomic mass is 9.93. The van der Waals surface area contributed by atoms with Crippen molar-refractivity contribution in [2.45, 2.75) is 37.8 Å². The first-order chi connectivity index (χ1) is 10.2. The summed E-state index contributed by atoms with van der Waals surface area (Å²) in [6, 6.07) is 8.62. The number of nitrogens with one attached hydrogen (secondary N) is 1. The van der Waals surface area contributed by atoms with E-state index in [0.29, 0.717) is 5.92 Å². The minimum atomic E-state index is 0.0515. The van der Waals surface area contributed by atoms with Crippen molar-refractivity contribution in [1.29, 1.82) is 0 Å². The molecule has 0 saturated carbocycles. The normalized spacial score (nSPS) is 17.0. The molecule has 3 rings (SSSR count). The first kappa shape index (κ1) is 14.4. The summed E-state index contributed by atoms with van der Waals surface area (Å²) in [5.41, 5.74) is 4.78. The fourth-order valence-corrected chi connectivity index (χ4v) is 3.59. The Balaban J connectivity index is 1.82. The monoisotopic (exact) mass is 300 g/mol. The molecule has 2 aromatic rings. The number of fused-ring (bicyclic) bond motifs is 1. The highest BCUT2D eigenvalue weighted by Crippen LogP contribution is 2.27. The van der Waals surface area contributed by atoms with E-state index in [1.165, 1.54) is 22.9 Å². The zero-order valence-corrected chi connectivity index (χ0v) is 13.3. The van der Waals surface area contributed by atoms with E-state index in [0.717, 1.165) is 42.1 Å². The van der Waals surface area contributed by atoms with Crippen LogP contribution in [0.5, 0.6) is 0 Å². The van der Waals surface area contributed by atoms with Crippen molar-refractivity contribution in [3.8, 4) is 0 Å². The van der Waals surface area contributed by atoms with Gasteiger partial charge in [-0.1, -0.05) is 43.0 Å². The van der Waals surface area contributed by atoms with Gasteiger partial charge in [0.25, 0.3) is 5.56 Å². The van der Waals surface area contributed by atoms with Gasteiger partial charge in [-0.15, -0.1) is 0 Å². The predicted molar refractivity (Wildman–Crippen MR) is 87.1 cm³/mol. The Kier molecular flexibility index (Phi) is 4.15. The Labute approximate surface area is 129 Å². The lowest BCUT2D eigenvalue weighted by Crippen LogP contribution is -2.15. The third-order valence-electron chi connectivity index (χ3n) is 4.26. The van der Waals surface area contributed by atoms with Crippen LogP contribution in [-0.2, 0) is 25.7 Å². The van der Waals surface area contributed by atoms with Crippen molar-refractivity contribution in [1.82, 2.24) is 9.97 Å². The molecule has 0 amide bonds. The molecular formula is C17H20N2OS. The molecule has 0 spiro atoms. The average molecular weight is 300 g/mol. The van der Waals surface area contributed by atoms with Gasteiger partial charge in [-0.25, -0.2) is 4.98 Å². The Hall–Kier alpha value is -1.55. The summed E-state index contributed by atoms with van der Waals surface area (Å²) >= 11 is 1.49. The molecule has 1 unspecified atom stereocenters. The molecular weight excluding hydrogens is 280 g/mol. The second-order valence-electron chi connectivity index (χ2n) is 5.60. The minimum Gasteiger partial charge on any atom is -0.301 e. The van der Waals surface area contributed by atoms with Crippen LogP contribution in [0.1, 0.15) is 29.3 Å². The Bertz CT molecular complexity index is 708. The Morgan fingerprint density at radius 2 is 2.05 bits per heavy atom. The van der Waals surface area contributed by atoms with Crippen LogP contribution in [-0.4, -0.2) is 16.2 Å². The van der Waals surface area contributed by atoms with Gasteiger partial charge in [0.05, 0.1) is 5.69 Å². The van der Waals surface area contributed by atoms with Crippen molar-refractivity contribution in [3.05, 3.63) is 57.0 Å². The average Bonchev–Trinajstić information content (AvgIpc) is 2.90. The number of thioether (sulfide) groups is 1. The number of aromatic nitrogens is 2. The largest absolute Gasteiger partial charge is 0.301 e. The highest BCUT2D eigenvalue weighted by atomic mass is 32.2. The highest BCUT2D eigenvalue weighted by molar-refractivity contribution is 7.98. The summed E-state index contributed by atoms with van der Waals surface area (Å²) < 4.78 is 0. The third-order valence-corrected chi connectivity index (χ3v) is 4.84. The second-order valence-corrected chi connectivity index (χ2v) is 6.40. The van der Waals surface area contributed by atoms with E-state index in [-0.39, 0.29) is 5.56 Å². The summed E-state index contributed by atoms with van der Waals surface area (Å²) in [7, 11) is 0. The molecule has 1 aromatic heterocycles. The van der Waals surface area contributed by atoms with Crippen LogP contribution >= 0.6 is 11.8 Å². The molecule has 1 aliphatic carbocycles. The van der Waals surface area contributed by atoms with Crippen molar-refractivity contribution in [2.75, 3.05) is 6.26 Å². The molecule has 0 radical (unpaired) electrons. The maximum Gasteiger partial charge on any atom is 0.254 e. The lowest BCUT2D eigenvalue weighted by Gasteiger charge is -2.12. The molecule has 110 valence electrons. The number of rotatable bonds is 4. The van der Waals surface area contributed by atoms with E-state index in [1.54, 1.807) is 0 Å². The Morgan fingerprint density at radius 1 is 1.29 bits per heavy atom. The Morgan fingerprint density at radius 3 is 2.76 bits per heavy atom. The molecule has 0 fully saturated rings. The van der Waals surface area contributed by atoms with Crippen LogP contribution in [0.25, 0.3) is 0 Å². The molecule has 0 aliphatic heterocycles. The van der Waals surface area contributed by atoms with Gasteiger partial charge in [0.15, 0.2) is 5.16 Å². The third kappa shape index (κ3) is 2.91. The van der Waals surface area contributed by atoms with Crippen LogP contribution in [0.3, 0.4) is 0 Å². The number of hydrogen-bond donors (Lipinski definition) is 1. The summed E-state index contributed by atoms with van der Waals surface area (Å²) in [5.74, 6) is 0.499. The van der Waals surface area contributed by atoms with E-state index in [2.05, 4.69) is 41.2 Å². The molecule has 1 aliphatic rings. The molecule has 0 bridgehead atoms. The van der Waals surface area contributed by atoms with Gasteiger partial charge in [0, 0.05) is 5.56 Å². The van der Waals surface area contributed by atoms with Gasteiger partial charge in [-0.3, -0.25) is 4.79 Å². The first-order valence-corrected chi connectivity index (χ1v) is 8.66. The van der Waals surface area contributed by atoms with E-state index >= 15 is 0 Å². The smallest absolute Gasteiger partial charge is 0.254 e. The molecule has 4 heteroatoms. The standard InChI is InChI=1S/C17H20N2OS/c1-3-12-6-4-5-7-13(12)8-11-9-14-15(10-11)18-17(21-2)19-16(14)20/h4-7,11H,3,8-10H2,1-2H3,(H,18,19,20). The van der Waals surface area contributed by atoms with Crippen molar-refractivity contribution in [2.24, 2.45) is 5.92 Å². The maximum absolute atomic E-state index is 12.1. The van der Waals surface area contributed by atoms with Crippen LogP contribution in [0.15, 0.2) is 34.2 Å². The van der Waals surface area contributed by atoms with Gasteiger partial charge < -0.3 is 4.98 Å². The molecule has 21 heavy (non-hydrogen) atoms. The first-order valence-electron chi connectivity index (χ1n) is 7.44. The minimum absolute atomic E-state index is 0.0515. The summed E-state index contributed by atoms with van der Waals surface area (Å²) in [6.07, 6.45) is 5.81. The quantitative estimate of drug-likeness (QED) is 0.697. The van der Waals surface area contributed by atoms with Crippen LogP contribution in [0, 0.1) is 5.92 Å². The van der Waals surface area contributed by atoms with Gasteiger partial charge in [0.2, 0.25) is 0 Å². The fraction of sp³-hybridized carbons (Fsp3) is 0.412. The van der Waals surface area contributed by atoms with Gasteiger partial charge in [-0.05, 0) is 49.0 Å². The number of hydrogen-bond acceptors (Lipinski definition) is 3. The maximum atomic E-state index is 12.1. The van der Waals surface area contributed by atoms with Crippen molar-refractivity contribution >= 4 is 11.8 Å². The van der Waals surface area contributed by atoms with Crippen LogP contribution < -0.4 is 5.56 Å². The van der Waals surface area contributed by atoms with E-state index in [9.17, 15) is 4.79 Å². The zero-order valence-electron chi connectivity index (χ0n) is 12.5. The predicted octanol–water partition coefficient (Wildman–Crippen LogP) is 3.01. The second kappa shape index (κ2) is 6.06. The number of aryl methyl sites for hydroxylation is 1. The van der Waals surface area contributed by atoms with E-state index < -0.39 is 0 Å². The molecule has 1 heterocycles. The van der Waals surface area contributed by atoms with Gasteiger partial charge >= 0.3 is 0 Å². The molecule has 3 nitrogen and oxygen atoms in total. The number of nitrogens with zero attached hydrogens (tertiary/aromatic N) is 1. The van der Waals surface area contributed by atoms with Crippen molar-refractivity contribution < 1.29 is 0 Å². The summed E-state index contributed by atoms with van der Waals surface area (Å²) in [4.78, 5) is 19.5. The van der Waals surface area contributed by atoms with Crippen molar-refractivity contribution in [3.63, 3.8) is 0 Å². The molecule has 1 N–H and O–H groups in total. The summed E-state index contributed by atoms with van der Waals surface area (Å²) in [6.45, 7) is 2.19. The topological polar surface area (TPSA) is 45.8 Å². The van der Waals surface area contributed by atoms with Crippen LogP contribution in [0.4, 0.5) is 0 Å². The lowest BCUT2D eigenvalue weighted by molar-refractivity contribution is 0.553. The van der Waals surface area contributed by atoms with Gasteiger partial charge in [0.1, 0.15) is 0 Å².